The van der Waals surface area contributed by atoms with Crippen molar-refractivity contribution in [1.82, 2.24) is 0 Å². The Morgan fingerprint density at radius 2 is 1.09 bits per heavy atom. The van der Waals surface area contributed by atoms with Crippen LogP contribution in [-0.4, -0.2) is 61.5 Å². The van der Waals surface area contributed by atoms with Crippen LogP contribution >= 0.6 is 7.82 Å². The fourth-order valence-corrected chi connectivity index (χ4v) is 6.10. The molecule has 1 aliphatic rings. The summed E-state index contributed by atoms with van der Waals surface area (Å²) >= 11 is 0. The summed E-state index contributed by atoms with van der Waals surface area (Å²) in [6, 6.07) is 0. The van der Waals surface area contributed by atoms with Crippen LogP contribution < -0.4 is 5.73 Å². The molecule has 0 spiro atoms. The minimum absolute atomic E-state index is 0.0297. The normalized spacial score (nSPS) is 17.9. The van der Waals surface area contributed by atoms with E-state index in [1.165, 1.54) is 0 Å². The van der Waals surface area contributed by atoms with Crippen LogP contribution in [-0.2, 0) is 37.4 Å². The van der Waals surface area contributed by atoms with Gasteiger partial charge in [-0.15, -0.1) is 0 Å². The third-order valence-corrected chi connectivity index (χ3v) is 9.55. The first-order valence-electron chi connectivity index (χ1n) is 21.5. The van der Waals surface area contributed by atoms with Crippen molar-refractivity contribution in [2.75, 3.05) is 26.4 Å². The number of ether oxygens (including phenoxy) is 3. The molecule has 3 unspecified atom stereocenters. The largest absolute Gasteiger partial charge is 0.472 e. The van der Waals surface area contributed by atoms with E-state index >= 15 is 0 Å². The second-order valence-corrected chi connectivity index (χ2v) is 15.3. The van der Waals surface area contributed by atoms with Gasteiger partial charge in [-0.1, -0.05) is 136 Å². The van der Waals surface area contributed by atoms with Crippen molar-refractivity contribution >= 4 is 19.8 Å². The number of epoxide rings is 1. The number of rotatable bonds is 37. The fourth-order valence-electron chi connectivity index (χ4n) is 5.34. The summed E-state index contributed by atoms with van der Waals surface area (Å²) < 4.78 is 38.3. The van der Waals surface area contributed by atoms with Crippen LogP contribution in [0, 0.1) is 0 Å². The Balaban J connectivity index is 2.26. The first kappa shape index (κ1) is 52.6. The van der Waals surface area contributed by atoms with E-state index in [4.69, 9.17) is 29.0 Å². The maximum Gasteiger partial charge on any atom is 0.472 e. The van der Waals surface area contributed by atoms with Crippen molar-refractivity contribution < 1.29 is 42.3 Å². The van der Waals surface area contributed by atoms with Gasteiger partial charge in [0.15, 0.2) is 6.10 Å². The van der Waals surface area contributed by atoms with Gasteiger partial charge in [0.25, 0.3) is 0 Å². The maximum atomic E-state index is 12.6. The number of carbonyl (C=O) groups excluding carboxylic acids is 2. The van der Waals surface area contributed by atoms with Crippen LogP contribution in [0.2, 0.25) is 0 Å². The minimum atomic E-state index is -4.41. The highest BCUT2D eigenvalue weighted by Gasteiger charge is 2.36. The number of carbonyl (C=O) groups is 2. The summed E-state index contributed by atoms with van der Waals surface area (Å²) in [5.74, 6) is -0.972. The van der Waals surface area contributed by atoms with E-state index in [0.29, 0.717) is 25.0 Å². The predicted molar refractivity (Wildman–Crippen MR) is 237 cm³/mol. The number of unbranched alkanes of at least 4 members (excludes halogenated alkanes) is 4. The van der Waals surface area contributed by atoms with Gasteiger partial charge in [-0.05, 0) is 89.9 Å². The van der Waals surface area contributed by atoms with Crippen molar-refractivity contribution in [3.05, 3.63) is 109 Å². The molecule has 0 amide bonds. The molecule has 0 bridgehead atoms. The zero-order valence-electron chi connectivity index (χ0n) is 35.4. The molecule has 0 saturated carbocycles. The van der Waals surface area contributed by atoms with Crippen LogP contribution in [0.15, 0.2) is 109 Å². The van der Waals surface area contributed by atoms with E-state index in [0.717, 1.165) is 89.9 Å². The summed E-state index contributed by atoms with van der Waals surface area (Å²) in [7, 11) is -4.41. The lowest BCUT2D eigenvalue weighted by Gasteiger charge is -2.19. The standard InChI is InChI=1S/C47H74NO9P/c1-3-5-7-8-9-10-11-12-13-14-15-16-20-23-26-29-33-37-46(49)53-41-43(42-55-58(51,52)54-40-39-48)56-47(50)38-34-30-27-24-21-18-17-19-22-25-28-32-36-45-44(57-45)35-31-6-4-2/h5-7,9-10,12-13,15-16,18-19,21-22,27-28,30-32,43-45H,3-4,8,11,14,17,20,23-26,29,33-42,48H2,1-2H3,(H,51,52)/b7-5-,10-9-,13-12-,16-15-,21-18-,22-19-,30-27-,31-6-,32-28-/t43-,44?,45?/m1/s1. The van der Waals surface area contributed by atoms with Gasteiger partial charge < -0.3 is 24.8 Å². The van der Waals surface area contributed by atoms with Crippen molar-refractivity contribution in [3.8, 4) is 0 Å². The lowest BCUT2D eigenvalue weighted by Crippen LogP contribution is -2.29. The third kappa shape index (κ3) is 34.7. The fraction of sp³-hybridized carbons (Fsp3) is 0.574. The van der Waals surface area contributed by atoms with Crippen LogP contribution in [0.4, 0.5) is 0 Å². The van der Waals surface area contributed by atoms with E-state index in [9.17, 15) is 19.0 Å². The monoisotopic (exact) mass is 828 g/mol. The van der Waals surface area contributed by atoms with Gasteiger partial charge in [-0.2, -0.15) is 0 Å². The van der Waals surface area contributed by atoms with Crippen molar-refractivity contribution in [1.29, 1.82) is 0 Å². The van der Waals surface area contributed by atoms with Gasteiger partial charge in [-0.25, -0.2) is 4.57 Å². The second kappa shape index (κ2) is 37.9. The molecule has 1 fully saturated rings. The van der Waals surface area contributed by atoms with Gasteiger partial charge in [0.05, 0.1) is 25.4 Å². The van der Waals surface area contributed by atoms with Crippen molar-refractivity contribution in [2.45, 2.75) is 148 Å². The number of hydrogen-bond acceptors (Lipinski definition) is 9. The van der Waals surface area contributed by atoms with E-state index in [1.54, 1.807) is 0 Å². The number of allylic oxidation sites excluding steroid dienone is 16. The highest BCUT2D eigenvalue weighted by Crippen LogP contribution is 2.43. The lowest BCUT2D eigenvalue weighted by molar-refractivity contribution is -0.161. The number of esters is 2. The predicted octanol–water partition coefficient (Wildman–Crippen LogP) is 11.4. The molecule has 0 radical (unpaired) electrons. The molecule has 0 aliphatic carbocycles. The number of phosphoric ester groups is 1. The van der Waals surface area contributed by atoms with E-state index < -0.39 is 32.5 Å². The zero-order chi connectivity index (χ0) is 42.2. The Morgan fingerprint density at radius 3 is 1.66 bits per heavy atom. The smallest absolute Gasteiger partial charge is 0.462 e. The molecule has 1 saturated heterocycles. The Hall–Kier alpha value is -3.37. The molecule has 326 valence electrons. The van der Waals surface area contributed by atoms with Gasteiger partial charge >= 0.3 is 19.8 Å². The highest BCUT2D eigenvalue weighted by molar-refractivity contribution is 7.47. The van der Waals surface area contributed by atoms with Crippen molar-refractivity contribution in [3.63, 3.8) is 0 Å². The number of hydrogen-bond donors (Lipinski definition) is 2. The third-order valence-electron chi connectivity index (χ3n) is 8.57. The summed E-state index contributed by atoms with van der Waals surface area (Å²) in [4.78, 5) is 34.9. The van der Waals surface area contributed by atoms with E-state index in [-0.39, 0.29) is 32.6 Å². The number of nitrogens with two attached hydrogens (primary N) is 1. The molecular formula is C47H74NO9P. The van der Waals surface area contributed by atoms with Crippen LogP contribution in [0.1, 0.15) is 129 Å². The summed E-state index contributed by atoms with van der Waals surface area (Å²) in [5.41, 5.74) is 5.34. The first-order chi connectivity index (χ1) is 28.3. The molecule has 3 N–H and O–H groups in total. The Morgan fingerprint density at radius 1 is 0.603 bits per heavy atom. The molecule has 1 aliphatic heterocycles. The van der Waals surface area contributed by atoms with Crippen LogP contribution in [0.3, 0.4) is 0 Å². The molecule has 0 aromatic heterocycles. The highest BCUT2D eigenvalue weighted by atomic mass is 31.2. The van der Waals surface area contributed by atoms with Crippen molar-refractivity contribution in [2.24, 2.45) is 5.73 Å². The van der Waals surface area contributed by atoms with E-state index in [1.807, 2.05) is 12.2 Å². The van der Waals surface area contributed by atoms with Gasteiger partial charge in [0.2, 0.25) is 0 Å². The molecule has 0 aromatic rings. The first-order valence-corrected chi connectivity index (χ1v) is 23.0. The average Bonchev–Trinajstić information content (AvgIpc) is 3.97. The van der Waals surface area contributed by atoms with Gasteiger partial charge in [0, 0.05) is 19.4 Å². The second-order valence-electron chi connectivity index (χ2n) is 13.8. The molecule has 1 heterocycles. The molecule has 4 atom stereocenters. The Kier molecular flexibility index (Phi) is 34.4. The molecule has 58 heavy (non-hydrogen) atoms. The topological polar surface area (TPSA) is 147 Å². The van der Waals surface area contributed by atoms with E-state index in [2.05, 4.69) is 111 Å². The number of phosphoric acid groups is 1. The molecular weight excluding hydrogens is 753 g/mol. The zero-order valence-corrected chi connectivity index (χ0v) is 36.3. The SMILES string of the molecule is CC/C=C\C/C=C\C/C=C\C/C=C\CCCCCCC(=O)OC[C@H](COP(=O)(O)OCCN)OC(=O)CC/C=C\C/C=C\C/C=C\C/C=C\CC1OC1C/C=C\CC. The quantitative estimate of drug-likeness (QED) is 0.0204. The van der Waals surface area contributed by atoms with Gasteiger partial charge in [0.1, 0.15) is 6.61 Å². The summed E-state index contributed by atoms with van der Waals surface area (Å²) in [6.45, 7) is 3.35. The maximum absolute atomic E-state index is 12.6. The minimum Gasteiger partial charge on any atom is -0.462 e. The Bertz CT molecular complexity index is 1380. The van der Waals surface area contributed by atoms with Gasteiger partial charge in [-0.3, -0.25) is 18.6 Å². The summed E-state index contributed by atoms with van der Waals surface area (Å²) in [5, 5.41) is 0. The van der Waals surface area contributed by atoms with Crippen LogP contribution in [0.5, 0.6) is 0 Å². The average molecular weight is 828 g/mol. The molecule has 1 rings (SSSR count). The molecule has 10 nitrogen and oxygen atoms in total. The molecule has 11 heteroatoms. The molecule has 0 aromatic carbocycles. The lowest BCUT2D eigenvalue weighted by atomic mass is 10.1. The Labute approximate surface area is 350 Å². The summed E-state index contributed by atoms with van der Waals surface area (Å²) in [6.07, 6.45) is 53.2. The van der Waals surface area contributed by atoms with Crippen LogP contribution in [0.25, 0.3) is 0 Å².